The van der Waals surface area contributed by atoms with E-state index in [0.717, 1.165) is 6.42 Å². The van der Waals surface area contributed by atoms with E-state index in [0.29, 0.717) is 64.0 Å². The molecule has 2 amide bonds. The maximum atomic E-state index is 13.6. The minimum atomic E-state index is -0.943. The zero-order valence-corrected chi connectivity index (χ0v) is 22.3. The van der Waals surface area contributed by atoms with Crippen molar-refractivity contribution in [1.29, 1.82) is 5.26 Å². The number of morpholine rings is 1. The third kappa shape index (κ3) is 9.65. The lowest BCUT2D eigenvalue weighted by Crippen LogP contribution is -2.59. The number of aliphatic imine (C=N–C) groups is 1. The number of ether oxygens (including phenoxy) is 2. The molecule has 2 aliphatic rings. The van der Waals surface area contributed by atoms with E-state index < -0.39 is 17.7 Å². The molecule has 2 fully saturated rings. The Morgan fingerprint density at radius 1 is 1.31 bits per heavy atom. The summed E-state index contributed by atoms with van der Waals surface area (Å²) in [6.45, 7) is 15.1. The molecule has 0 spiro atoms. The SMILES string of the molecule is CCOC(=O)NC(=NC(CC(C)(C)C)C(=O)NC1(C#N)CCNC(CC(C)C)C1)N1CCOCC1. The van der Waals surface area contributed by atoms with Gasteiger partial charge >= 0.3 is 6.09 Å². The van der Waals surface area contributed by atoms with Gasteiger partial charge in [-0.25, -0.2) is 9.79 Å². The summed E-state index contributed by atoms with van der Waals surface area (Å²) in [5, 5.41) is 19.4. The summed E-state index contributed by atoms with van der Waals surface area (Å²) in [7, 11) is 0. The van der Waals surface area contributed by atoms with Crippen LogP contribution in [0.1, 0.15) is 67.2 Å². The maximum absolute atomic E-state index is 13.6. The van der Waals surface area contributed by atoms with Crippen molar-refractivity contribution in [3.05, 3.63) is 0 Å². The molecule has 0 aromatic rings. The molecule has 2 aliphatic heterocycles. The van der Waals surface area contributed by atoms with E-state index in [9.17, 15) is 14.9 Å². The molecule has 2 heterocycles. The van der Waals surface area contributed by atoms with Gasteiger partial charge in [0, 0.05) is 19.1 Å². The molecule has 0 aliphatic carbocycles. The first-order valence-corrected chi connectivity index (χ1v) is 12.8. The first-order valence-electron chi connectivity index (χ1n) is 12.8. The molecule has 3 N–H and O–H groups in total. The van der Waals surface area contributed by atoms with Crippen molar-refractivity contribution in [2.24, 2.45) is 16.3 Å². The van der Waals surface area contributed by atoms with Gasteiger partial charge in [-0.15, -0.1) is 0 Å². The zero-order valence-electron chi connectivity index (χ0n) is 22.3. The van der Waals surface area contributed by atoms with Gasteiger partial charge in [-0.05, 0) is 50.5 Å². The number of hydrogen-bond donors (Lipinski definition) is 3. The summed E-state index contributed by atoms with van der Waals surface area (Å²) >= 11 is 0. The molecule has 3 atom stereocenters. The second-order valence-electron chi connectivity index (χ2n) is 11.1. The summed E-state index contributed by atoms with van der Waals surface area (Å²) in [6, 6.07) is 1.79. The van der Waals surface area contributed by atoms with Crippen LogP contribution in [0.3, 0.4) is 0 Å². The second-order valence-corrected chi connectivity index (χ2v) is 11.1. The van der Waals surface area contributed by atoms with Crippen LogP contribution in [0.4, 0.5) is 4.79 Å². The number of carbonyl (C=O) groups is 2. The van der Waals surface area contributed by atoms with Crippen LogP contribution in [0, 0.1) is 22.7 Å². The van der Waals surface area contributed by atoms with Crippen molar-refractivity contribution >= 4 is 18.0 Å². The van der Waals surface area contributed by atoms with Gasteiger partial charge in [-0.2, -0.15) is 5.26 Å². The largest absolute Gasteiger partial charge is 0.450 e. The molecule has 198 valence electrons. The number of rotatable bonds is 7. The number of nitrogens with one attached hydrogen (secondary N) is 3. The van der Waals surface area contributed by atoms with E-state index in [-0.39, 0.29) is 24.0 Å². The Hall–Kier alpha value is -2.38. The predicted octanol–water partition coefficient (Wildman–Crippen LogP) is 2.40. The van der Waals surface area contributed by atoms with Crippen molar-refractivity contribution in [3.63, 3.8) is 0 Å². The smallest absolute Gasteiger partial charge is 0.413 e. The van der Waals surface area contributed by atoms with Gasteiger partial charge in [0.2, 0.25) is 11.9 Å². The Kier molecular flexibility index (Phi) is 10.8. The summed E-state index contributed by atoms with van der Waals surface area (Å²) in [5.74, 6) is 0.481. The molecule has 0 saturated carbocycles. The highest BCUT2D eigenvalue weighted by Crippen LogP contribution is 2.27. The number of guanidine groups is 1. The van der Waals surface area contributed by atoms with Gasteiger partial charge in [0.1, 0.15) is 11.6 Å². The molecule has 10 nitrogen and oxygen atoms in total. The number of carbonyl (C=O) groups excluding carboxylic acids is 2. The van der Waals surface area contributed by atoms with E-state index >= 15 is 0 Å². The van der Waals surface area contributed by atoms with Crippen LogP contribution in [0.15, 0.2) is 4.99 Å². The topological polar surface area (TPSA) is 128 Å². The number of alkyl carbamates (subject to hydrolysis) is 1. The summed E-state index contributed by atoms with van der Waals surface area (Å²) < 4.78 is 10.5. The van der Waals surface area contributed by atoms with Crippen molar-refractivity contribution in [2.45, 2.75) is 84.8 Å². The monoisotopic (exact) mass is 492 g/mol. The van der Waals surface area contributed by atoms with E-state index in [1.54, 1.807) is 6.92 Å². The third-order valence-electron chi connectivity index (χ3n) is 6.10. The van der Waals surface area contributed by atoms with Gasteiger partial charge in [-0.1, -0.05) is 34.6 Å². The van der Waals surface area contributed by atoms with Crippen molar-refractivity contribution in [2.75, 3.05) is 39.5 Å². The average molecular weight is 493 g/mol. The lowest BCUT2D eigenvalue weighted by Gasteiger charge is -2.39. The lowest BCUT2D eigenvalue weighted by molar-refractivity contribution is -0.124. The number of piperidine rings is 1. The number of amides is 2. The van der Waals surface area contributed by atoms with Crippen molar-refractivity contribution < 1.29 is 19.1 Å². The fourth-order valence-electron chi connectivity index (χ4n) is 4.53. The molecular formula is C25H44N6O4. The van der Waals surface area contributed by atoms with E-state index in [1.807, 2.05) is 25.7 Å². The fourth-order valence-corrected chi connectivity index (χ4v) is 4.53. The van der Waals surface area contributed by atoms with Crippen LogP contribution >= 0.6 is 0 Å². The lowest BCUT2D eigenvalue weighted by atomic mass is 9.82. The van der Waals surface area contributed by atoms with Crippen LogP contribution < -0.4 is 16.0 Å². The highest BCUT2D eigenvalue weighted by Gasteiger charge is 2.40. The zero-order chi connectivity index (χ0) is 26.1. The predicted molar refractivity (Wildman–Crippen MR) is 135 cm³/mol. The highest BCUT2D eigenvalue weighted by molar-refractivity contribution is 5.96. The minimum absolute atomic E-state index is 0.169. The first kappa shape index (κ1) is 28.9. The Balaban J connectivity index is 2.31. The second kappa shape index (κ2) is 13.1. The molecule has 2 saturated heterocycles. The first-order chi connectivity index (χ1) is 16.5. The third-order valence-corrected chi connectivity index (χ3v) is 6.10. The van der Waals surface area contributed by atoms with Gasteiger partial charge in [0.25, 0.3) is 0 Å². The Labute approximate surface area is 210 Å². The van der Waals surface area contributed by atoms with Gasteiger partial charge in [-0.3, -0.25) is 10.1 Å². The van der Waals surface area contributed by atoms with Crippen LogP contribution in [0.25, 0.3) is 0 Å². The normalized spacial score (nSPS) is 24.5. The van der Waals surface area contributed by atoms with Crippen molar-refractivity contribution in [1.82, 2.24) is 20.9 Å². The Morgan fingerprint density at radius 2 is 2.00 bits per heavy atom. The van der Waals surface area contributed by atoms with Gasteiger partial charge < -0.3 is 25.0 Å². The quantitative estimate of drug-likeness (QED) is 0.368. The van der Waals surface area contributed by atoms with Crippen LogP contribution in [0.5, 0.6) is 0 Å². The number of nitrogens with zero attached hydrogens (tertiary/aromatic N) is 3. The van der Waals surface area contributed by atoms with Crippen LogP contribution in [-0.2, 0) is 14.3 Å². The van der Waals surface area contributed by atoms with E-state index in [4.69, 9.17) is 14.5 Å². The fraction of sp³-hybridized carbons (Fsp3) is 0.840. The maximum Gasteiger partial charge on any atom is 0.413 e. The number of hydrogen-bond acceptors (Lipinski definition) is 7. The van der Waals surface area contributed by atoms with E-state index in [1.165, 1.54) is 0 Å². The molecule has 3 unspecified atom stereocenters. The molecule has 10 heteroatoms. The minimum Gasteiger partial charge on any atom is -0.450 e. The highest BCUT2D eigenvalue weighted by atomic mass is 16.5. The van der Waals surface area contributed by atoms with Crippen molar-refractivity contribution in [3.8, 4) is 6.07 Å². The Bertz CT molecular complexity index is 782. The number of nitriles is 1. The van der Waals surface area contributed by atoms with Crippen LogP contribution in [0.2, 0.25) is 0 Å². The molecule has 35 heavy (non-hydrogen) atoms. The standard InChI is InChI=1S/C25H44N6O4/c1-7-35-23(33)29-22(31-10-12-34-13-11-31)28-20(16-24(4,5)6)21(32)30-25(17-26)8-9-27-19(15-25)14-18(2)3/h18-20,27H,7-16H2,1-6H3,(H,30,32)(H,28,29,33). The average Bonchev–Trinajstić information content (AvgIpc) is 2.77. The van der Waals surface area contributed by atoms with Gasteiger partial charge in [0.05, 0.1) is 25.9 Å². The molecule has 0 aromatic carbocycles. The summed E-state index contributed by atoms with van der Waals surface area (Å²) in [4.78, 5) is 32.5. The summed E-state index contributed by atoms with van der Waals surface area (Å²) in [6.07, 6.45) is 1.86. The molecule has 2 rings (SSSR count). The van der Waals surface area contributed by atoms with Gasteiger partial charge in [0.15, 0.2) is 0 Å². The molecule has 0 aromatic heterocycles. The Morgan fingerprint density at radius 3 is 2.57 bits per heavy atom. The van der Waals surface area contributed by atoms with E-state index in [2.05, 4.69) is 35.9 Å². The molecule has 0 bridgehead atoms. The van der Waals surface area contributed by atoms with Crippen LogP contribution in [-0.4, -0.2) is 79.9 Å². The molecular weight excluding hydrogens is 448 g/mol. The summed E-state index contributed by atoms with van der Waals surface area (Å²) in [5.41, 5.74) is -1.15. The molecule has 0 radical (unpaired) electrons.